The van der Waals surface area contributed by atoms with E-state index in [1.165, 1.54) is 0 Å². The lowest BCUT2D eigenvalue weighted by molar-refractivity contribution is -0.397. The molecule has 21 heavy (non-hydrogen) atoms. The van der Waals surface area contributed by atoms with Crippen molar-refractivity contribution in [3.63, 3.8) is 0 Å². The van der Waals surface area contributed by atoms with Crippen LogP contribution in [-0.2, 0) is 4.74 Å². The van der Waals surface area contributed by atoms with E-state index in [0.29, 0.717) is 0 Å². The van der Waals surface area contributed by atoms with Crippen LogP contribution in [0, 0.1) is 11.8 Å². The van der Waals surface area contributed by atoms with Gasteiger partial charge in [0.2, 0.25) is 0 Å². The topological polar surface area (TPSA) is 9.23 Å². The average Bonchev–Trinajstić information content (AvgIpc) is 2.73. The van der Waals surface area contributed by atoms with Gasteiger partial charge in [-0.25, -0.2) is 0 Å². The summed E-state index contributed by atoms with van der Waals surface area (Å²) in [5.41, 5.74) is 0. The summed E-state index contributed by atoms with van der Waals surface area (Å²) >= 11 is 1.77. The first-order valence-corrected chi connectivity index (χ1v) is 7.14. The Hall–Kier alpha value is 0.0600. The molecule has 2 atom stereocenters. The molecule has 1 rings (SSSR count). The molecule has 0 N–H and O–H groups in total. The molecule has 0 aromatic carbocycles. The number of alkyl halides is 10. The second-order valence-electron chi connectivity index (χ2n) is 4.77. The van der Waals surface area contributed by atoms with Gasteiger partial charge in [0.05, 0.1) is 6.61 Å². The highest BCUT2D eigenvalue weighted by Crippen LogP contribution is 2.55. The van der Waals surface area contributed by atoms with Gasteiger partial charge in [-0.1, -0.05) is 22.6 Å². The maximum atomic E-state index is 13.4. The maximum Gasteiger partial charge on any atom is 0.460 e. The maximum absolute atomic E-state index is 13.4. The third-order valence-electron chi connectivity index (χ3n) is 3.26. The fourth-order valence-electron chi connectivity index (χ4n) is 1.90. The molecule has 126 valence electrons. The molecule has 11 heteroatoms. The molecule has 0 amide bonds. The third-order valence-corrected chi connectivity index (χ3v) is 4.39. The molecule has 0 bridgehead atoms. The minimum Gasteiger partial charge on any atom is -0.381 e. The molecular weight excluding hydrogens is 434 g/mol. The van der Waals surface area contributed by atoms with Gasteiger partial charge in [-0.05, 0) is 11.8 Å². The fourth-order valence-corrected chi connectivity index (χ4v) is 2.88. The van der Waals surface area contributed by atoms with Crippen molar-refractivity contribution < 1.29 is 44.3 Å². The monoisotopic (exact) mass is 444 g/mol. The molecule has 1 fully saturated rings. The van der Waals surface area contributed by atoms with Crippen LogP contribution in [-0.4, -0.2) is 41.6 Å². The minimum absolute atomic E-state index is 0.0229. The first-order valence-electron chi connectivity index (χ1n) is 5.62. The highest BCUT2D eigenvalue weighted by molar-refractivity contribution is 14.1. The summed E-state index contributed by atoms with van der Waals surface area (Å²) in [6.45, 7) is -0.401. The van der Waals surface area contributed by atoms with Gasteiger partial charge in [0.1, 0.15) is 0 Å². The molecular formula is C10H10F9IO. The van der Waals surface area contributed by atoms with Crippen LogP contribution in [0.4, 0.5) is 39.5 Å². The van der Waals surface area contributed by atoms with E-state index in [4.69, 9.17) is 4.74 Å². The molecule has 1 heterocycles. The first kappa shape index (κ1) is 19.1. The number of rotatable bonds is 5. The average molecular weight is 444 g/mol. The van der Waals surface area contributed by atoms with E-state index in [0.717, 1.165) is 0 Å². The molecule has 0 aromatic rings. The lowest BCUT2D eigenvalue weighted by Gasteiger charge is -2.35. The van der Waals surface area contributed by atoms with E-state index in [2.05, 4.69) is 0 Å². The van der Waals surface area contributed by atoms with E-state index >= 15 is 0 Å². The highest BCUT2D eigenvalue weighted by Gasteiger charge is 2.81. The van der Waals surface area contributed by atoms with Crippen molar-refractivity contribution in [2.24, 2.45) is 11.8 Å². The number of hydrogen-bond acceptors (Lipinski definition) is 1. The van der Waals surface area contributed by atoms with Crippen LogP contribution < -0.4 is 0 Å². The molecule has 0 aliphatic carbocycles. The van der Waals surface area contributed by atoms with Crippen molar-refractivity contribution in [1.29, 1.82) is 0 Å². The van der Waals surface area contributed by atoms with E-state index in [-0.39, 0.29) is 17.6 Å². The summed E-state index contributed by atoms with van der Waals surface area (Å²) in [5, 5.41) is 0. The van der Waals surface area contributed by atoms with Crippen molar-refractivity contribution in [3.05, 3.63) is 0 Å². The summed E-state index contributed by atoms with van der Waals surface area (Å²) in [4.78, 5) is 0. The van der Waals surface area contributed by atoms with Crippen molar-refractivity contribution in [2.75, 3.05) is 17.6 Å². The predicted octanol–water partition coefficient (Wildman–Crippen LogP) is 4.54. The smallest absolute Gasteiger partial charge is 0.381 e. The van der Waals surface area contributed by atoms with E-state index < -0.39 is 42.2 Å². The van der Waals surface area contributed by atoms with Crippen LogP contribution in [0.1, 0.15) is 6.42 Å². The largest absolute Gasteiger partial charge is 0.460 e. The molecule has 1 aliphatic rings. The Morgan fingerprint density at radius 3 is 1.71 bits per heavy atom. The summed E-state index contributed by atoms with van der Waals surface area (Å²) in [6.07, 6.45) is -8.56. The van der Waals surface area contributed by atoms with Crippen LogP contribution in [0.15, 0.2) is 0 Å². The van der Waals surface area contributed by atoms with Gasteiger partial charge in [0.15, 0.2) is 0 Å². The normalized spacial score (nSPS) is 25.4. The fraction of sp³-hybridized carbons (Fsp3) is 1.00. The Labute approximate surface area is 127 Å². The zero-order chi connectivity index (χ0) is 16.7. The minimum atomic E-state index is -6.82. The Balaban J connectivity index is 2.99. The van der Waals surface area contributed by atoms with Crippen LogP contribution in [0.3, 0.4) is 0 Å². The molecule has 1 nitrogen and oxygen atoms in total. The van der Waals surface area contributed by atoms with Crippen molar-refractivity contribution in [2.45, 2.75) is 30.4 Å². The SMILES string of the molecule is FC(F)(F)C(F)(F)C(F)(F)C(F)(F)CC1COCC1CI. The van der Waals surface area contributed by atoms with Gasteiger partial charge < -0.3 is 4.74 Å². The summed E-state index contributed by atoms with van der Waals surface area (Å²) in [5.74, 6) is -20.6. The number of halogens is 10. The van der Waals surface area contributed by atoms with Gasteiger partial charge >= 0.3 is 23.9 Å². The molecule has 0 saturated carbocycles. The highest BCUT2D eigenvalue weighted by atomic mass is 127. The van der Waals surface area contributed by atoms with E-state index in [1.54, 1.807) is 22.6 Å². The number of hydrogen-bond donors (Lipinski definition) is 0. The van der Waals surface area contributed by atoms with Gasteiger partial charge in [-0.3, -0.25) is 0 Å². The third kappa shape index (κ3) is 3.37. The zero-order valence-corrected chi connectivity index (χ0v) is 12.3. The van der Waals surface area contributed by atoms with Gasteiger partial charge in [-0.15, -0.1) is 0 Å². The van der Waals surface area contributed by atoms with Crippen molar-refractivity contribution >= 4 is 22.6 Å². The van der Waals surface area contributed by atoms with E-state index in [1.807, 2.05) is 0 Å². The van der Waals surface area contributed by atoms with Crippen LogP contribution in [0.25, 0.3) is 0 Å². The first-order chi connectivity index (χ1) is 9.28. The quantitative estimate of drug-likeness (QED) is 0.344. The van der Waals surface area contributed by atoms with Gasteiger partial charge in [-0.2, -0.15) is 39.5 Å². The van der Waals surface area contributed by atoms with Gasteiger partial charge in [0, 0.05) is 17.5 Å². The molecule has 2 unspecified atom stereocenters. The zero-order valence-electron chi connectivity index (χ0n) is 10.2. The summed E-state index contributed by atoms with van der Waals surface area (Å²) in [6, 6.07) is 0. The lowest BCUT2D eigenvalue weighted by Crippen LogP contribution is -2.61. The van der Waals surface area contributed by atoms with Gasteiger partial charge in [0.25, 0.3) is 0 Å². The summed E-state index contributed by atoms with van der Waals surface area (Å²) in [7, 11) is 0. The van der Waals surface area contributed by atoms with Crippen molar-refractivity contribution in [3.8, 4) is 0 Å². The standard InChI is InChI=1S/C10H10F9IO/c11-7(12,1-5-3-21-4-6(5)2-20)8(13,14)9(15,16)10(17,18)19/h5-6H,1-4H2. The molecule has 1 aliphatic heterocycles. The number of ether oxygens (including phenoxy) is 1. The van der Waals surface area contributed by atoms with Crippen LogP contribution >= 0.6 is 22.6 Å². The molecule has 0 radical (unpaired) electrons. The molecule has 1 saturated heterocycles. The molecule has 0 spiro atoms. The Morgan fingerprint density at radius 1 is 0.810 bits per heavy atom. The Morgan fingerprint density at radius 2 is 1.29 bits per heavy atom. The molecule has 0 aromatic heterocycles. The van der Waals surface area contributed by atoms with Crippen LogP contribution in [0.2, 0.25) is 0 Å². The summed E-state index contributed by atoms with van der Waals surface area (Å²) < 4.78 is 119. The Kier molecular flexibility index (Phi) is 5.39. The van der Waals surface area contributed by atoms with E-state index in [9.17, 15) is 39.5 Å². The second-order valence-corrected chi connectivity index (χ2v) is 5.65. The predicted molar refractivity (Wildman–Crippen MR) is 62.2 cm³/mol. The van der Waals surface area contributed by atoms with Crippen molar-refractivity contribution in [1.82, 2.24) is 0 Å². The Bertz CT molecular complexity index is 368. The second kappa shape index (κ2) is 5.93. The van der Waals surface area contributed by atoms with Crippen LogP contribution in [0.5, 0.6) is 0 Å². The lowest BCUT2D eigenvalue weighted by atomic mass is 9.88.